The van der Waals surface area contributed by atoms with Crippen molar-refractivity contribution < 1.29 is 14.3 Å². The quantitative estimate of drug-likeness (QED) is 0.880. The summed E-state index contributed by atoms with van der Waals surface area (Å²) in [6, 6.07) is 4.26. The second-order valence-electron chi connectivity index (χ2n) is 4.17. The molecule has 1 aromatic carbocycles. The molecule has 0 aromatic heterocycles. The second kappa shape index (κ2) is 4.52. The van der Waals surface area contributed by atoms with Crippen molar-refractivity contribution in [3.8, 4) is 0 Å². The summed E-state index contributed by atoms with van der Waals surface area (Å²) in [5, 5.41) is 9.61. The number of ketones is 1. The fourth-order valence-electron chi connectivity index (χ4n) is 1.63. The highest BCUT2D eigenvalue weighted by Crippen LogP contribution is 2.33. The zero-order valence-electron chi connectivity index (χ0n) is 8.62. The monoisotopic (exact) mass is 242 g/mol. The highest BCUT2D eigenvalue weighted by atomic mass is 35.5. The molecule has 16 heavy (non-hydrogen) atoms. The third kappa shape index (κ3) is 2.60. The molecule has 0 amide bonds. The molecule has 1 unspecified atom stereocenters. The van der Waals surface area contributed by atoms with Gasteiger partial charge in [0.1, 0.15) is 11.9 Å². The Morgan fingerprint density at radius 2 is 2.25 bits per heavy atom. The number of carbonyl (C=O) groups excluding carboxylic acids is 1. The number of halogens is 2. The maximum absolute atomic E-state index is 13.1. The third-order valence-electron chi connectivity index (χ3n) is 2.76. The van der Waals surface area contributed by atoms with Crippen LogP contribution in [-0.4, -0.2) is 17.0 Å². The zero-order chi connectivity index (χ0) is 11.7. The summed E-state index contributed by atoms with van der Waals surface area (Å²) in [5.74, 6) is -0.665. The van der Waals surface area contributed by atoms with Gasteiger partial charge in [-0.3, -0.25) is 4.79 Å². The van der Waals surface area contributed by atoms with Gasteiger partial charge in [-0.2, -0.15) is 0 Å². The van der Waals surface area contributed by atoms with Crippen molar-refractivity contribution in [3.63, 3.8) is 0 Å². The highest BCUT2D eigenvalue weighted by molar-refractivity contribution is 6.30. The summed E-state index contributed by atoms with van der Waals surface area (Å²) in [7, 11) is 0. The SMILES string of the molecule is O=C(Cc1ccc(Cl)c(F)c1)C(O)C1CC1. The molecule has 1 aliphatic carbocycles. The number of aliphatic hydroxyl groups is 1. The molecule has 1 aliphatic rings. The van der Waals surface area contributed by atoms with E-state index in [0.29, 0.717) is 5.56 Å². The van der Waals surface area contributed by atoms with E-state index in [2.05, 4.69) is 0 Å². The van der Waals surface area contributed by atoms with E-state index >= 15 is 0 Å². The van der Waals surface area contributed by atoms with Gasteiger partial charge in [-0.25, -0.2) is 4.39 Å². The lowest BCUT2D eigenvalue weighted by Gasteiger charge is -2.08. The van der Waals surface area contributed by atoms with E-state index in [1.54, 1.807) is 6.07 Å². The Morgan fingerprint density at radius 1 is 1.56 bits per heavy atom. The maximum Gasteiger partial charge on any atom is 0.165 e. The first kappa shape index (κ1) is 11.6. The lowest BCUT2D eigenvalue weighted by Crippen LogP contribution is -2.24. The van der Waals surface area contributed by atoms with Gasteiger partial charge in [-0.05, 0) is 36.5 Å². The number of aliphatic hydroxyl groups excluding tert-OH is 1. The molecule has 1 N–H and O–H groups in total. The van der Waals surface area contributed by atoms with Crippen LogP contribution in [0.15, 0.2) is 18.2 Å². The maximum atomic E-state index is 13.1. The van der Waals surface area contributed by atoms with Gasteiger partial charge in [0.2, 0.25) is 0 Å². The van der Waals surface area contributed by atoms with E-state index < -0.39 is 11.9 Å². The number of carbonyl (C=O) groups is 1. The number of hydrogen-bond donors (Lipinski definition) is 1. The van der Waals surface area contributed by atoms with E-state index in [4.69, 9.17) is 11.6 Å². The van der Waals surface area contributed by atoms with Crippen LogP contribution in [0.5, 0.6) is 0 Å². The van der Waals surface area contributed by atoms with Crippen molar-refractivity contribution in [1.29, 1.82) is 0 Å². The third-order valence-corrected chi connectivity index (χ3v) is 3.07. The minimum atomic E-state index is -0.890. The molecule has 0 radical (unpaired) electrons. The molecule has 2 nitrogen and oxygen atoms in total. The molecule has 1 aromatic rings. The lowest BCUT2D eigenvalue weighted by atomic mass is 10.0. The first-order valence-corrected chi connectivity index (χ1v) is 5.60. The Hall–Kier alpha value is -0.930. The van der Waals surface area contributed by atoms with Gasteiger partial charge >= 0.3 is 0 Å². The van der Waals surface area contributed by atoms with E-state index in [0.717, 1.165) is 12.8 Å². The van der Waals surface area contributed by atoms with Crippen LogP contribution in [-0.2, 0) is 11.2 Å². The van der Waals surface area contributed by atoms with Crippen LogP contribution < -0.4 is 0 Å². The van der Waals surface area contributed by atoms with E-state index in [-0.39, 0.29) is 23.1 Å². The average Bonchev–Trinajstić information content (AvgIpc) is 3.06. The predicted octanol–water partition coefficient (Wildman–Crippen LogP) is 2.36. The topological polar surface area (TPSA) is 37.3 Å². The summed E-state index contributed by atoms with van der Waals surface area (Å²) in [4.78, 5) is 11.6. The summed E-state index contributed by atoms with van der Waals surface area (Å²) in [6.45, 7) is 0. The van der Waals surface area contributed by atoms with Gasteiger partial charge in [0.15, 0.2) is 5.78 Å². The van der Waals surface area contributed by atoms with E-state index in [1.807, 2.05) is 0 Å². The molecule has 0 bridgehead atoms. The van der Waals surface area contributed by atoms with Crippen LogP contribution in [0.3, 0.4) is 0 Å². The van der Waals surface area contributed by atoms with Crippen molar-refractivity contribution in [2.75, 3.05) is 0 Å². The molecular weight excluding hydrogens is 231 g/mol. The average molecular weight is 243 g/mol. The molecule has 2 rings (SSSR count). The van der Waals surface area contributed by atoms with Gasteiger partial charge in [-0.15, -0.1) is 0 Å². The van der Waals surface area contributed by atoms with Crippen LogP contribution in [0.2, 0.25) is 5.02 Å². The van der Waals surface area contributed by atoms with Gasteiger partial charge in [0.25, 0.3) is 0 Å². The summed E-state index contributed by atoms with van der Waals surface area (Å²) in [5.41, 5.74) is 0.548. The Kier molecular flexibility index (Phi) is 3.26. The van der Waals surface area contributed by atoms with Crippen molar-refractivity contribution in [2.45, 2.75) is 25.4 Å². The van der Waals surface area contributed by atoms with Gasteiger partial charge in [0, 0.05) is 6.42 Å². The van der Waals surface area contributed by atoms with Crippen LogP contribution in [0, 0.1) is 11.7 Å². The largest absolute Gasteiger partial charge is 0.385 e. The molecule has 0 heterocycles. The molecule has 1 atom stereocenters. The number of benzene rings is 1. The number of Topliss-reactive ketones (excluding diaryl/α,β-unsaturated/α-hetero) is 1. The minimum Gasteiger partial charge on any atom is -0.385 e. The molecule has 0 spiro atoms. The normalized spacial score (nSPS) is 17.2. The molecule has 0 saturated heterocycles. The molecular formula is C12H12ClFO2. The van der Waals surface area contributed by atoms with Crippen LogP contribution in [0.4, 0.5) is 4.39 Å². The Labute approximate surface area is 98.0 Å². The molecule has 0 aliphatic heterocycles. The first-order valence-electron chi connectivity index (χ1n) is 5.22. The number of hydrogen-bond acceptors (Lipinski definition) is 2. The second-order valence-corrected chi connectivity index (χ2v) is 4.58. The van der Waals surface area contributed by atoms with Gasteiger partial charge < -0.3 is 5.11 Å². The Balaban J connectivity index is 2.02. The van der Waals surface area contributed by atoms with Crippen LogP contribution >= 0.6 is 11.6 Å². The van der Waals surface area contributed by atoms with E-state index in [1.165, 1.54) is 12.1 Å². The summed E-state index contributed by atoms with van der Waals surface area (Å²) in [6.07, 6.45) is 0.981. The van der Waals surface area contributed by atoms with Crippen LogP contribution in [0.1, 0.15) is 18.4 Å². The summed E-state index contributed by atoms with van der Waals surface area (Å²) < 4.78 is 13.1. The van der Waals surface area contributed by atoms with E-state index in [9.17, 15) is 14.3 Å². The van der Waals surface area contributed by atoms with Crippen molar-refractivity contribution in [3.05, 3.63) is 34.6 Å². The van der Waals surface area contributed by atoms with Gasteiger partial charge in [-0.1, -0.05) is 17.7 Å². The smallest absolute Gasteiger partial charge is 0.165 e. The molecule has 4 heteroatoms. The minimum absolute atomic E-state index is 0.0407. The zero-order valence-corrected chi connectivity index (χ0v) is 9.38. The van der Waals surface area contributed by atoms with Crippen LogP contribution in [0.25, 0.3) is 0 Å². The Morgan fingerprint density at radius 3 is 2.81 bits per heavy atom. The van der Waals surface area contributed by atoms with Crippen molar-refractivity contribution in [1.82, 2.24) is 0 Å². The predicted molar refractivity (Wildman–Crippen MR) is 58.9 cm³/mol. The fourth-order valence-corrected chi connectivity index (χ4v) is 1.75. The lowest BCUT2D eigenvalue weighted by molar-refractivity contribution is -0.127. The van der Waals surface area contributed by atoms with Gasteiger partial charge in [0.05, 0.1) is 5.02 Å². The Bertz CT molecular complexity index is 415. The molecule has 86 valence electrons. The van der Waals surface area contributed by atoms with Crippen molar-refractivity contribution >= 4 is 17.4 Å². The standard InChI is InChI=1S/C12H12ClFO2/c13-9-4-1-7(5-10(9)14)6-11(15)12(16)8-2-3-8/h1,4-5,8,12,16H,2-3,6H2. The summed E-state index contributed by atoms with van der Waals surface area (Å²) >= 11 is 5.53. The first-order chi connectivity index (χ1) is 7.58. The highest BCUT2D eigenvalue weighted by Gasteiger charge is 2.34. The molecule has 1 saturated carbocycles. The number of rotatable bonds is 4. The molecule has 1 fully saturated rings. The fraction of sp³-hybridized carbons (Fsp3) is 0.417. The van der Waals surface area contributed by atoms with Crippen molar-refractivity contribution in [2.24, 2.45) is 5.92 Å².